The Labute approximate surface area is 94.2 Å². The van der Waals surface area contributed by atoms with Crippen LogP contribution in [-0.4, -0.2) is 34.4 Å². The second kappa shape index (κ2) is 4.11. The lowest BCUT2D eigenvalue weighted by Crippen LogP contribution is -2.42. The lowest BCUT2D eigenvalue weighted by atomic mass is 10.0. The highest BCUT2D eigenvalue weighted by Gasteiger charge is 2.33. The number of H-pyrrole nitrogens is 1. The molecule has 1 saturated heterocycles. The van der Waals surface area contributed by atoms with Crippen molar-refractivity contribution in [3.8, 4) is 0 Å². The van der Waals surface area contributed by atoms with E-state index in [9.17, 15) is 8.42 Å². The fourth-order valence-electron chi connectivity index (χ4n) is 1.98. The monoisotopic (exact) mass is 245 g/mol. The average Bonchev–Trinajstić information content (AvgIpc) is 2.64. The van der Waals surface area contributed by atoms with Crippen LogP contribution in [0.15, 0.2) is 0 Å². The van der Waals surface area contributed by atoms with Gasteiger partial charge < -0.3 is 0 Å². The Morgan fingerprint density at radius 1 is 1.50 bits per heavy atom. The molecular formula is C8H15N5O2S. The average molecular weight is 245 g/mol. The number of hydrogen-bond donors (Lipinski definition) is 2. The quantitative estimate of drug-likeness (QED) is 0.755. The van der Waals surface area contributed by atoms with Crippen molar-refractivity contribution in [2.24, 2.45) is 5.14 Å². The molecule has 0 aliphatic carbocycles. The van der Waals surface area contributed by atoms with Gasteiger partial charge in [-0.2, -0.15) is 17.8 Å². The molecule has 0 unspecified atom stereocenters. The van der Waals surface area contributed by atoms with Gasteiger partial charge in [-0.15, -0.1) is 0 Å². The van der Waals surface area contributed by atoms with E-state index in [1.54, 1.807) is 6.92 Å². The molecule has 0 bridgehead atoms. The largest absolute Gasteiger partial charge is 0.277 e. The first-order valence-corrected chi connectivity index (χ1v) is 6.67. The molecule has 0 radical (unpaired) electrons. The summed E-state index contributed by atoms with van der Waals surface area (Å²) in [6.45, 7) is 2.22. The molecule has 0 amide bonds. The first-order valence-electron chi connectivity index (χ1n) is 5.17. The first kappa shape index (κ1) is 11.5. The van der Waals surface area contributed by atoms with Crippen LogP contribution in [0.2, 0.25) is 0 Å². The minimum Gasteiger partial charge on any atom is -0.263 e. The standard InChI is InChI=1S/C8H15N5O2S/c1-6-10-8(12-11-6)7-4-2-3-5-13(7)16(9,14)15/h7H,2-5H2,1H3,(H2,9,14,15)(H,10,11,12)/t7-/m0/s1. The predicted molar refractivity (Wildman–Crippen MR) is 57.5 cm³/mol. The summed E-state index contributed by atoms with van der Waals surface area (Å²) < 4.78 is 24.1. The van der Waals surface area contributed by atoms with Crippen molar-refractivity contribution >= 4 is 10.2 Å². The number of nitrogens with zero attached hydrogens (tertiary/aromatic N) is 3. The molecule has 90 valence electrons. The smallest absolute Gasteiger partial charge is 0.263 e. The van der Waals surface area contributed by atoms with Gasteiger partial charge in [0.1, 0.15) is 5.82 Å². The van der Waals surface area contributed by atoms with Crippen molar-refractivity contribution < 1.29 is 8.42 Å². The van der Waals surface area contributed by atoms with Crippen molar-refractivity contribution in [2.75, 3.05) is 6.54 Å². The SMILES string of the molecule is Cc1nc([C@@H]2CCCCN2S(N)(=O)=O)n[nH]1. The molecule has 1 aliphatic heterocycles. The van der Waals surface area contributed by atoms with Gasteiger partial charge in [0.25, 0.3) is 10.2 Å². The number of nitrogens with one attached hydrogen (secondary N) is 1. The van der Waals surface area contributed by atoms with Gasteiger partial charge in [-0.05, 0) is 19.8 Å². The number of aromatic nitrogens is 3. The zero-order valence-electron chi connectivity index (χ0n) is 9.05. The maximum atomic E-state index is 11.4. The van der Waals surface area contributed by atoms with Gasteiger partial charge in [0, 0.05) is 6.54 Å². The topological polar surface area (TPSA) is 105 Å². The molecule has 2 rings (SSSR count). The molecule has 1 fully saturated rings. The molecule has 1 atom stereocenters. The normalized spacial score (nSPS) is 23.5. The summed E-state index contributed by atoms with van der Waals surface area (Å²) in [6.07, 6.45) is 2.51. The second-order valence-corrected chi connectivity index (χ2v) is 5.45. The number of aryl methyl sites for hydroxylation is 1. The lowest BCUT2D eigenvalue weighted by Gasteiger charge is -2.31. The predicted octanol–water partition coefficient (Wildman–Crippen LogP) is -0.156. The minimum atomic E-state index is -3.67. The molecule has 7 nitrogen and oxygen atoms in total. The maximum Gasteiger partial charge on any atom is 0.277 e. The first-order chi connectivity index (χ1) is 7.48. The van der Waals surface area contributed by atoms with Crippen LogP contribution in [0.1, 0.15) is 37.0 Å². The summed E-state index contributed by atoms with van der Waals surface area (Å²) in [5.74, 6) is 1.18. The van der Waals surface area contributed by atoms with Crippen LogP contribution in [-0.2, 0) is 10.2 Å². The summed E-state index contributed by atoms with van der Waals surface area (Å²) in [4.78, 5) is 4.17. The third-order valence-electron chi connectivity index (χ3n) is 2.69. The van der Waals surface area contributed by atoms with Gasteiger partial charge in [-0.1, -0.05) is 6.42 Å². The van der Waals surface area contributed by atoms with Crippen molar-refractivity contribution in [2.45, 2.75) is 32.2 Å². The fraction of sp³-hybridized carbons (Fsp3) is 0.750. The maximum absolute atomic E-state index is 11.4. The zero-order chi connectivity index (χ0) is 11.8. The van der Waals surface area contributed by atoms with Crippen LogP contribution in [0.3, 0.4) is 0 Å². The van der Waals surface area contributed by atoms with Crippen molar-refractivity contribution in [3.63, 3.8) is 0 Å². The fourth-order valence-corrected chi connectivity index (χ4v) is 2.91. The van der Waals surface area contributed by atoms with E-state index in [4.69, 9.17) is 5.14 Å². The Morgan fingerprint density at radius 2 is 2.25 bits per heavy atom. The lowest BCUT2D eigenvalue weighted by molar-refractivity contribution is 0.247. The van der Waals surface area contributed by atoms with E-state index in [2.05, 4.69) is 15.2 Å². The zero-order valence-corrected chi connectivity index (χ0v) is 9.87. The molecular weight excluding hydrogens is 230 g/mol. The van der Waals surface area contributed by atoms with E-state index in [-0.39, 0.29) is 6.04 Å². The van der Waals surface area contributed by atoms with Crippen LogP contribution in [0.25, 0.3) is 0 Å². The van der Waals surface area contributed by atoms with Crippen LogP contribution >= 0.6 is 0 Å². The van der Waals surface area contributed by atoms with Gasteiger partial charge in [-0.25, -0.2) is 10.1 Å². The Morgan fingerprint density at radius 3 is 2.81 bits per heavy atom. The summed E-state index contributed by atoms with van der Waals surface area (Å²) in [5, 5.41) is 11.9. The number of rotatable bonds is 2. The molecule has 1 aliphatic rings. The number of piperidine rings is 1. The molecule has 1 aromatic heterocycles. The van der Waals surface area contributed by atoms with Gasteiger partial charge in [0.2, 0.25) is 0 Å². The van der Waals surface area contributed by atoms with Gasteiger partial charge in [-0.3, -0.25) is 5.10 Å². The van der Waals surface area contributed by atoms with Crippen LogP contribution in [0.5, 0.6) is 0 Å². The number of nitrogens with two attached hydrogens (primary N) is 1. The Kier molecular flexibility index (Phi) is 2.96. The van der Waals surface area contributed by atoms with Crippen molar-refractivity contribution in [3.05, 3.63) is 11.6 Å². The van der Waals surface area contributed by atoms with E-state index < -0.39 is 10.2 Å². The Bertz CT molecular complexity index is 469. The van der Waals surface area contributed by atoms with E-state index in [0.29, 0.717) is 24.6 Å². The number of aromatic amines is 1. The van der Waals surface area contributed by atoms with E-state index >= 15 is 0 Å². The molecule has 2 heterocycles. The van der Waals surface area contributed by atoms with E-state index in [0.717, 1.165) is 12.8 Å². The Hall–Kier alpha value is -0.990. The van der Waals surface area contributed by atoms with Crippen LogP contribution < -0.4 is 5.14 Å². The summed E-state index contributed by atoms with van der Waals surface area (Å²) in [6, 6.07) is -0.325. The highest BCUT2D eigenvalue weighted by molar-refractivity contribution is 7.86. The van der Waals surface area contributed by atoms with Gasteiger partial charge >= 0.3 is 0 Å². The Balaban J connectivity index is 2.30. The minimum absolute atomic E-state index is 0.325. The summed E-state index contributed by atoms with van der Waals surface area (Å²) in [5.41, 5.74) is 0. The van der Waals surface area contributed by atoms with Crippen molar-refractivity contribution in [1.82, 2.24) is 19.5 Å². The molecule has 3 N–H and O–H groups in total. The molecule has 0 spiro atoms. The molecule has 0 aromatic carbocycles. The third kappa shape index (κ3) is 2.23. The number of hydrogen-bond acceptors (Lipinski definition) is 4. The van der Waals surface area contributed by atoms with Gasteiger partial charge in [0.15, 0.2) is 5.82 Å². The van der Waals surface area contributed by atoms with Gasteiger partial charge in [0.05, 0.1) is 6.04 Å². The van der Waals surface area contributed by atoms with E-state index in [1.165, 1.54) is 4.31 Å². The van der Waals surface area contributed by atoms with Crippen LogP contribution in [0.4, 0.5) is 0 Å². The molecule has 0 saturated carbocycles. The molecule has 8 heteroatoms. The second-order valence-electron chi connectivity index (χ2n) is 3.95. The molecule has 16 heavy (non-hydrogen) atoms. The molecule has 1 aromatic rings. The highest BCUT2D eigenvalue weighted by Crippen LogP contribution is 2.29. The highest BCUT2D eigenvalue weighted by atomic mass is 32.2. The third-order valence-corrected chi connectivity index (χ3v) is 3.78. The van der Waals surface area contributed by atoms with Crippen molar-refractivity contribution in [1.29, 1.82) is 0 Å². The summed E-state index contributed by atoms with van der Waals surface area (Å²) >= 11 is 0. The van der Waals surface area contributed by atoms with E-state index in [1.807, 2.05) is 0 Å². The van der Waals surface area contributed by atoms with Crippen LogP contribution in [0, 0.1) is 6.92 Å². The summed E-state index contributed by atoms with van der Waals surface area (Å²) in [7, 11) is -3.67.